The van der Waals surface area contributed by atoms with Crippen LogP contribution < -0.4 is 21.3 Å². The summed E-state index contributed by atoms with van der Waals surface area (Å²) in [7, 11) is 1.60. The number of carbonyl (C=O) groups is 4. The number of hydrogen-bond acceptors (Lipinski definition) is 8. The molecule has 0 aromatic heterocycles. The van der Waals surface area contributed by atoms with Gasteiger partial charge < -0.3 is 35.5 Å². The molecule has 2 unspecified atom stereocenters. The lowest BCUT2D eigenvalue weighted by atomic mass is 9.94. The SMILES string of the molecule is CCOC(=O)C1=C(CN(CCCOC)CC2=C(C(=O)OCC)C(c3ccccc3)NC(=O)N2)NC(=O)NC1c1ccccc1. The summed E-state index contributed by atoms with van der Waals surface area (Å²) >= 11 is 0. The summed E-state index contributed by atoms with van der Waals surface area (Å²) in [4.78, 5) is 54.4. The largest absolute Gasteiger partial charge is 0.463 e. The number of methoxy groups -OCH3 is 1. The van der Waals surface area contributed by atoms with Crippen molar-refractivity contribution in [1.29, 1.82) is 0 Å². The topological polar surface area (TPSA) is 147 Å². The van der Waals surface area contributed by atoms with Crippen LogP contribution in [0.3, 0.4) is 0 Å². The quantitative estimate of drug-likeness (QED) is 0.190. The Balaban J connectivity index is 1.77. The smallest absolute Gasteiger partial charge is 0.338 e. The van der Waals surface area contributed by atoms with Crippen molar-refractivity contribution in [3.63, 3.8) is 0 Å². The van der Waals surface area contributed by atoms with E-state index >= 15 is 0 Å². The summed E-state index contributed by atoms with van der Waals surface area (Å²) in [6, 6.07) is 15.9. The molecular weight excluding hydrogens is 566 g/mol. The summed E-state index contributed by atoms with van der Waals surface area (Å²) in [5.41, 5.74) is 2.69. The minimum Gasteiger partial charge on any atom is -0.463 e. The second-order valence-electron chi connectivity index (χ2n) is 10.2. The third kappa shape index (κ3) is 8.03. The van der Waals surface area contributed by atoms with Crippen molar-refractivity contribution < 1.29 is 33.4 Å². The van der Waals surface area contributed by atoms with E-state index in [1.807, 2.05) is 65.6 Å². The molecule has 234 valence electrons. The number of ether oxygens (including phenoxy) is 3. The van der Waals surface area contributed by atoms with Gasteiger partial charge in [0.2, 0.25) is 0 Å². The summed E-state index contributed by atoms with van der Waals surface area (Å²) in [5, 5.41) is 11.3. The zero-order valence-electron chi connectivity index (χ0n) is 25.2. The molecule has 0 saturated heterocycles. The van der Waals surface area contributed by atoms with Crippen LogP contribution in [0, 0.1) is 0 Å². The molecule has 12 heteroatoms. The van der Waals surface area contributed by atoms with Crippen LogP contribution in [-0.2, 0) is 23.8 Å². The lowest BCUT2D eigenvalue weighted by Gasteiger charge is -2.34. The molecule has 2 aliphatic rings. The van der Waals surface area contributed by atoms with Crippen LogP contribution in [0.2, 0.25) is 0 Å². The second kappa shape index (κ2) is 15.7. The number of hydrogen-bond donors (Lipinski definition) is 4. The molecule has 0 bridgehead atoms. The first-order chi connectivity index (χ1) is 21.4. The average Bonchev–Trinajstić information content (AvgIpc) is 3.01. The minimum absolute atomic E-state index is 0.105. The van der Waals surface area contributed by atoms with Crippen molar-refractivity contribution in [3.05, 3.63) is 94.3 Å². The first-order valence-corrected chi connectivity index (χ1v) is 14.6. The normalized spacial score (nSPS) is 18.3. The van der Waals surface area contributed by atoms with Gasteiger partial charge in [-0.1, -0.05) is 60.7 Å². The van der Waals surface area contributed by atoms with E-state index in [0.717, 1.165) is 11.1 Å². The van der Waals surface area contributed by atoms with Gasteiger partial charge in [-0.25, -0.2) is 19.2 Å². The highest BCUT2D eigenvalue weighted by Crippen LogP contribution is 2.30. The lowest BCUT2D eigenvalue weighted by Crippen LogP contribution is -2.51. The fraction of sp³-hybridized carbons (Fsp3) is 0.375. The fourth-order valence-corrected chi connectivity index (χ4v) is 5.27. The standard InChI is InChI=1S/C32H39N5O7/c1-4-43-29(38)25-23(33-31(40)35-27(25)21-13-8-6-9-14-21)19-37(17-12-18-42-3)20-24-26(30(39)44-5-2)28(36-32(41)34-24)22-15-10-7-11-16-22/h6-11,13-16,27-28H,4-5,12,17-20H2,1-3H3,(H2,33,35,40)(H2,34,36,41). The summed E-state index contributed by atoms with van der Waals surface area (Å²) in [5.74, 6) is -1.13. The van der Waals surface area contributed by atoms with Gasteiger partial charge in [0.1, 0.15) is 0 Å². The number of nitrogens with one attached hydrogen (secondary N) is 4. The van der Waals surface area contributed by atoms with E-state index in [2.05, 4.69) is 21.3 Å². The first-order valence-electron chi connectivity index (χ1n) is 14.6. The second-order valence-corrected chi connectivity index (χ2v) is 10.2. The predicted molar refractivity (Wildman–Crippen MR) is 162 cm³/mol. The van der Waals surface area contributed by atoms with E-state index < -0.39 is 36.1 Å². The third-order valence-electron chi connectivity index (χ3n) is 7.15. The van der Waals surface area contributed by atoms with Crippen LogP contribution in [0.25, 0.3) is 0 Å². The van der Waals surface area contributed by atoms with Crippen LogP contribution in [0.5, 0.6) is 0 Å². The molecule has 0 fully saturated rings. The van der Waals surface area contributed by atoms with Crippen LogP contribution >= 0.6 is 0 Å². The van der Waals surface area contributed by atoms with Gasteiger partial charge in [-0.2, -0.15) is 0 Å². The van der Waals surface area contributed by atoms with Crippen molar-refractivity contribution in [2.45, 2.75) is 32.4 Å². The highest BCUT2D eigenvalue weighted by molar-refractivity contribution is 5.96. The molecule has 4 N–H and O–H groups in total. The van der Waals surface area contributed by atoms with E-state index in [4.69, 9.17) is 14.2 Å². The number of rotatable bonds is 14. The maximum absolute atomic E-state index is 13.3. The van der Waals surface area contributed by atoms with Gasteiger partial charge in [-0.3, -0.25) is 4.90 Å². The molecule has 2 aromatic rings. The zero-order chi connectivity index (χ0) is 31.5. The van der Waals surface area contributed by atoms with Gasteiger partial charge in [0.25, 0.3) is 0 Å². The van der Waals surface area contributed by atoms with Crippen molar-refractivity contribution >= 4 is 24.0 Å². The van der Waals surface area contributed by atoms with Gasteiger partial charge in [0.05, 0.1) is 36.4 Å². The van der Waals surface area contributed by atoms with E-state index in [-0.39, 0.29) is 37.4 Å². The molecule has 12 nitrogen and oxygen atoms in total. The van der Waals surface area contributed by atoms with Crippen LogP contribution in [0.1, 0.15) is 43.5 Å². The fourth-order valence-electron chi connectivity index (χ4n) is 5.27. The summed E-state index contributed by atoms with van der Waals surface area (Å²) in [6.45, 7) is 4.84. The van der Waals surface area contributed by atoms with Gasteiger partial charge in [0, 0.05) is 44.7 Å². The molecule has 2 atom stereocenters. The van der Waals surface area contributed by atoms with Crippen LogP contribution in [0.15, 0.2) is 83.2 Å². The van der Waals surface area contributed by atoms with Crippen molar-refractivity contribution in [2.24, 2.45) is 0 Å². The minimum atomic E-state index is -0.741. The molecule has 2 aromatic carbocycles. The zero-order valence-corrected chi connectivity index (χ0v) is 25.2. The van der Waals surface area contributed by atoms with Crippen LogP contribution in [-0.4, -0.2) is 75.5 Å². The number of nitrogens with zero attached hydrogens (tertiary/aromatic N) is 1. The highest BCUT2D eigenvalue weighted by Gasteiger charge is 2.37. The van der Waals surface area contributed by atoms with Gasteiger partial charge in [0.15, 0.2) is 0 Å². The Hall–Kier alpha value is -4.68. The van der Waals surface area contributed by atoms with Gasteiger partial charge in [-0.05, 0) is 31.4 Å². The molecule has 0 spiro atoms. The third-order valence-corrected chi connectivity index (χ3v) is 7.15. The predicted octanol–water partition coefficient (Wildman–Crippen LogP) is 3.07. The molecule has 4 rings (SSSR count). The van der Waals surface area contributed by atoms with Crippen molar-refractivity contribution in [2.75, 3.05) is 46.6 Å². The lowest BCUT2D eigenvalue weighted by molar-refractivity contribution is -0.140. The number of carbonyl (C=O) groups excluding carboxylic acids is 4. The molecule has 0 radical (unpaired) electrons. The molecule has 2 aliphatic heterocycles. The Kier molecular flexibility index (Phi) is 11.5. The Morgan fingerprint density at radius 3 is 1.55 bits per heavy atom. The maximum Gasteiger partial charge on any atom is 0.338 e. The first kappa shape index (κ1) is 32.2. The monoisotopic (exact) mass is 605 g/mol. The number of benzene rings is 2. The number of urea groups is 2. The molecule has 44 heavy (non-hydrogen) atoms. The van der Waals surface area contributed by atoms with Crippen LogP contribution in [0.4, 0.5) is 9.59 Å². The average molecular weight is 606 g/mol. The van der Waals surface area contributed by atoms with Gasteiger partial charge in [-0.15, -0.1) is 0 Å². The summed E-state index contributed by atoms with van der Waals surface area (Å²) < 4.78 is 16.1. The number of esters is 2. The summed E-state index contributed by atoms with van der Waals surface area (Å²) in [6.07, 6.45) is 0.600. The maximum atomic E-state index is 13.3. The molecule has 0 aliphatic carbocycles. The highest BCUT2D eigenvalue weighted by atomic mass is 16.5. The molecule has 0 saturated carbocycles. The molecular formula is C32H39N5O7. The van der Waals surface area contributed by atoms with E-state index in [1.165, 1.54) is 0 Å². The molecule has 2 heterocycles. The molecule has 4 amide bonds. The van der Waals surface area contributed by atoms with E-state index in [1.54, 1.807) is 21.0 Å². The Morgan fingerprint density at radius 1 is 0.727 bits per heavy atom. The van der Waals surface area contributed by atoms with Gasteiger partial charge >= 0.3 is 24.0 Å². The van der Waals surface area contributed by atoms with E-state index in [9.17, 15) is 19.2 Å². The Bertz CT molecular complexity index is 1290. The van der Waals surface area contributed by atoms with Crippen molar-refractivity contribution in [1.82, 2.24) is 26.2 Å². The Labute approximate surface area is 256 Å². The van der Waals surface area contributed by atoms with E-state index in [0.29, 0.717) is 31.0 Å². The Morgan fingerprint density at radius 2 is 1.16 bits per heavy atom. The number of amides is 4. The van der Waals surface area contributed by atoms with Crippen molar-refractivity contribution in [3.8, 4) is 0 Å².